The molecule has 0 bridgehead atoms. The molecule has 0 heterocycles. The van der Waals surface area contributed by atoms with E-state index in [4.69, 9.17) is 10.5 Å². The minimum Gasteiger partial charge on any atom is -0.444 e. The van der Waals surface area contributed by atoms with Crippen molar-refractivity contribution in [2.24, 2.45) is 5.73 Å². The average molecular weight is 491 g/mol. The number of hydrogen-bond donors (Lipinski definition) is 3. The fraction of sp³-hybridized carbons (Fsp3) is 0.615. The van der Waals surface area contributed by atoms with Crippen LogP contribution in [0.1, 0.15) is 84.4 Å². The molecule has 0 spiro atoms. The van der Waals surface area contributed by atoms with Gasteiger partial charge in [-0.05, 0) is 59.1 Å². The van der Waals surface area contributed by atoms with Gasteiger partial charge in [0.2, 0.25) is 17.7 Å². The normalized spacial score (nSPS) is 13.0. The minimum atomic E-state index is -1.29. The van der Waals surface area contributed by atoms with Crippen LogP contribution in [0.4, 0.5) is 4.79 Å². The molecule has 2 unspecified atom stereocenters. The van der Waals surface area contributed by atoms with Gasteiger partial charge in [-0.2, -0.15) is 0 Å². The van der Waals surface area contributed by atoms with Crippen molar-refractivity contribution in [3.63, 3.8) is 0 Å². The number of nitrogens with zero attached hydrogens (tertiary/aromatic N) is 1. The Labute approximate surface area is 209 Å². The molecule has 4 amide bonds. The summed E-state index contributed by atoms with van der Waals surface area (Å²) >= 11 is 0. The molecule has 196 valence electrons. The summed E-state index contributed by atoms with van der Waals surface area (Å²) in [4.78, 5) is 52.9. The summed E-state index contributed by atoms with van der Waals surface area (Å²) in [5, 5.41) is 5.42. The Kier molecular flexibility index (Phi) is 11.7. The van der Waals surface area contributed by atoms with Gasteiger partial charge in [-0.3, -0.25) is 14.4 Å². The van der Waals surface area contributed by atoms with Crippen LogP contribution in [-0.2, 0) is 19.1 Å². The summed E-state index contributed by atoms with van der Waals surface area (Å²) in [6.07, 6.45) is 1.53. The molecule has 0 aromatic heterocycles. The van der Waals surface area contributed by atoms with Crippen molar-refractivity contribution >= 4 is 23.8 Å². The van der Waals surface area contributed by atoms with Crippen molar-refractivity contribution < 1.29 is 23.9 Å². The third-order valence-corrected chi connectivity index (χ3v) is 5.29. The van der Waals surface area contributed by atoms with Crippen LogP contribution in [0.15, 0.2) is 24.3 Å². The highest BCUT2D eigenvalue weighted by Crippen LogP contribution is 2.28. The van der Waals surface area contributed by atoms with E-state index in [1.165, 1.54) is 4.90 Å². The van der Waals surface area contributed by atoms with Gasteiger partial charge in [-0.25, -0.2) is 4.79 Å². The van der Waals surface area contributed by atoms with Gasteiger partial charge < -0.3 is 26.0 Å². The van der Waals surface area contributed by atoms with Crippen molar-refractivity contribution in [2.75, 3.05) is 6.54 Å². The maximum atomic E-state index is 13.8. The first-order chi connectivity index (χ1) is 16.3. The third kappa shape index (κ3) is 9.96. The summed E-state index contributed by atoms with van der Waals surface area (Å²) in [5.41, 5.74) is 6.10. The van der Waals surface area contributed by atoms with E-state index in [1.54, 1.807) is 40.7 Å². The second-order valence-electron chi connectivity index (χ2n) is 9.97. The second kappa shape index (κ2) is 13.7. The van der Waals surface area contributed by atoms with Gasteiger partial charge in [0.15, 0.2) is 0 Å². The fourth-order valence-electron chi connectivity index (χ4n) is 3.71. The molecule has 2 atom stereocenters. The molecule has 0 aliphatic carbocycles. The van der Waals surface area contributed by atoms with Crippen molar-refractivity contribution in [2.45, 2.75) is 97.9 Å². The molecule has 4 N–H and O–H groups in total. The van der Waals surface area contributed by atoms with E-state index in [2.05, 4.69) is 17.6 Å². The molecule has 0 aliphatic heterocycles. The van der Waals surface area contributed by atoms with Crippen LogP contribution in [0.2, 0.25) is 0 Å². The zero-order valence-corrected chi connectivity index (χ0v) is 22.1. The predicted octanol–water partition coefficient (Wildman–Crippen LogP) is 3.35. The number of primary amides is 1. The number of hydrogen-bond acceptors (Lipinski definition) is 5. The lowest BCUT2D eigenvalue weighted by Crippen LogP contribution is -2.56. The van der Waals surface area contributed by atoms with Crippen LogP contribution >= 0.6 is 0 Å². The van der Waals surface area contributed by atoms with Crippen molar-refractivity contribution in [1.82, 2.24) is 15.5 Å². The number of nitrogens with two attached hydrogens (primary N) is 1. The van der Waals surface area contributed by atoms with Crippen molar-refractivity contribution in [3.8, 4) is 0 Å². The zero-order valence-electron chi connectivity index (χ0n) is 22.1. The van der Waals surface area contributed by atoms with Crippen LogP contribution in [0, 0.1) is 6.92 Å². The monoisotopic (exact) mass is 490 g/mol. The topological polar surface area (TPSA) is 131 Å². The van der Waals surface area contributed by atoms with E-state index in [0.29, 0.717) is 12.1 Å². The van der Waals surface area contributed by atoms with Crippen LogP contribution in [0.3, 0.4) is 0 Å². The highest BCUT2D eigenvalue weighted by Gasteiger charge is 2.38. The number of rotatable bonds is 12. The number of carbonyl (C=O) groups is 4. The van der Waals surface area contributed by atoms with E-state index < -0.39 is 48.1 Å². The maximum absolute atomic E-state index is 13.8. The number of nitrogens with one attached hydrogen (secondary N) is 2. The number of carbonyl (C=O) groups excluding carboxylic acids is 4. The first-order valence-corrected chi connectivity index (χ1v) is 12.2. The lowest BCUT2D eigenvalue weighted by atomic mass is 9.96. The summed E-state index contributed by atoms with van der Waals surface area (Å²) in [6, 6.07) is 4.67. The highest BCUT2D eigenvalue weighted by atomic mass is 16.6. The number of aryl methyl sites for hydroxylation is 1. The molecule has 1 rings (SSSR count). The van der Waals surface area contributed by atoms with Crippen LogP contribution in [0.5, 0.6) is 0 Å². The summed E-state index contributed by atoms with van der Waals surface area (Å²) < 4.78 is 5.28. The van der Waals surface area contributed by atoms with E-state index >= 15 is 0 Å². The summed E-state index contributed by atoms with van der Waals surface area (Å²) in [6.45, 7) is 13.1. The lowest BCUT2D eigenvalue weighted by molar-refractivity contribution is -0.145. The predicted molar refractivity (Wildman–Crippen MR) is 135 cm³/mol. The Balaban J connectivity index is 3.40. The number of alkyl carbamates (subject to hydrolysis) is 1. The molecular formula is C26H42N4O5. The molecule has 9 nitrogen and oxygen atoms in total. The van der Waals surface area contributed by atoms with E-state index in [-0.39, 0.29) is 5.91 Å². The van der Waals surface area contributed by atoms with Crippen molar-refractivity contribution in [3.05, 3.63) is 35.4 Å². The molecular weight excluding hydrogens is 448 g/mol. The molecule has 0 aliphatic rings. The summed E-state index contributed by atoms with van der Waals surface area (Å²) in [7, 11) is 0. The van der Waals surface area contributed by atoms with Crippen LogP contribution in [0.25, 0.3) is 0 Å². The highest BCUT2D eigenvalue weighted by molar-refractivity contribution is 5.94. The lowest BCUT2D eigenvalue weighted by Gasteiger charge is -2.37. The minimum absolute atomic E-state index is 0.326. The van der Waals surface area contributed by atoms with Crippen LogP contribution in [-0.4, -0.2) is 52.9 Å². The van der Waals surface area contributed by atoms with E-state index in [1.807, 2.05) is 25.1 Å². The van der Waals surface area contributed by atoms with Gasteiger partial charge in [0.1, 0.15) is 17.7 Å². The number of amides is 4. The first-order valence-electron chi connectivity index (χ1n) is 12.2. The Morgan fingerprint density at radius 2 is 1.71 bits per heavy atom. The van der Waals surface area contributed by atoms with Crippen molar-refractivity contribution in [1.29, 1.82) is 0 Å². The fourth-order valence-corrected chi connectivity index (χ4v) is 3.71. The van der Waals surface area contributed by atoms with Gasteiger partial charge in [-0.1, -0.05) is 44.0 Å². The molecule has 1 aromatic rings. The molecule has 9 heteroatoms. The van der Waals surface area contributed by atoms with Crippen LogP contribution < -0.4 is 16.4 Å². The van der Waals surface area contributed by atoms with E-state index in [9.17, 15) is 19.2 Å². The molecule has 0 fully saturated rings. The van der Waals surface area contributed by atoms with Gasteiger partial charge in [0.05, 0.1) is 6.42 Å². The third-order valence-electron chi connectivity index (χ3n) is 5.29. The zero-order chi connectivity index (χ0) is 26.8. The van der Waals surface area contributed by atoms with Gasteiger partial charge in [0, 0.05) is 12.6 Å². The first kappa shape index (κ1) is 29.9. The SMILES string of the molecule is CCCCCNC(=O)C(c1ccccc1C)N(C(=O)C(CC(N)=O)NC(=O)OC(C)(C)C)C(C)C. The summed E-state index contributed by atoms with van der Waals surface area (Å²) in [5.74, 6) is -1.69. The number of benzene rings is 1. The molecule has 1 aromatic carbocycles. The maximum Gasteiger partial charge on any atom is 0.408 e. The molecule has 0 saturated carbocycles. The Morgan fingerprint density at radius 3 is 2.23 bits per heavy atom. The molecule has 0 saturated heterocycles. The Bertz CT molecular complexity index is 879. The average Bonchev–Trinajstić information content (AvgIpc) is 2.72. The van der Waals surface area contributed by atoms with E-state index in [0.717, 1.165) is 24.8 Å². The van der Waals surface area contributed by atoms with Gasteiger partial charge >= 0.3 is 6.09 Å². The number of ether oxygens (including phenoxy) is 1. The second-order valence-corrected chi connectivity index (χ2v) is 9.97. The van der Waals surface area contributed by atoms with Gasteiger partial charge in [0.25, 0.3) is 0 Å². The quantitative estimate of drug-likeness (QED) is 0.387. The Hall–Kier alpha value is -3.10. The molecule has 35 heavy (non-hydrogen) atoms. The van der Waals surface area contributed by atoms with Gasteiger partial charge in [-0.15, -0.1) is 0 Å². The smallest absolute Gasteiger partial charge is 0.408 e. The Morgan fingerprint density at radius 1 is 1.09 bits per heavy atom. The number of unbranched alkanes of at least 4 members (excludes halogenated alkanes) is 2. The molecule has 0 radical (unpaired) electrons. The largest absolute Gasteiger partial charge is 0.444 e. The standard InChI is InChI=1S/C26H42N4O5/c1-8-9-12-15-28-23(32)22(19-14-11-10-13-18(19)4)30(17(2)3)24(33)20(16-21(27)31)29-25(34)35-26(5,6)7/h10-11,13-14,17,20,22H,8-9,12,15-16H2,1-7H3,(H2,27,31)(H,28,32)(H,29,34).